The van der Waals surface area contributed by atoms with Crippen LogP contribution in [-0.4, -0.2) is 9.56 Å². The molecule has 2 aromatic carbocycles. The van der Waals surface area contributed by atoms with Crippen LogP contribution in [0.15, 0.2) is 65.6 Å². The number of benzene rings is 2. The van der Waals surface area contributed by atoms with Crippen molar-refractivity contribution in [3.63, 3.8) is 0 Å². The van der Waals surface area contributed by atoms with Gasteiger partial charge in [-0.25, -0.2) is 0 Å². The van der Waals surface area contributed by atoms with Gasteiger partial charge in [0.05, 0.1) is 6.54 Å². The Balaban J connectivity index is 2.02. The zero-order valence-electron chi connectivity index (χ0n) is 11.3. The second kappa shape index (κ2) is 5.50. The fourth-order valence-corrected chi connectivity index (χ4v) is 2.50. The van der Waals surface area contributed by atoms with Gasteiger partial charge < -0.3 is 10.3 Å². The average Bonchev–Trinajstić information content (AvgIpc) is 2.51. The Kier molecular flexibility index (Phi) is 3.54. The third-order valence-corrected chi connectivity index (χ3v) is 3.69. The minimum absolute atomic E-state index is 0.00817. The SMILES string of the molecule is NC(=S)c1cccc(Cn2ccc3ccccc3c2=O)c1. The maximum atomic E-state index is 12.5. The molecule has 0 saturated heterocycles. The summed E-state index contributed by atoms with van der Waals surface area (Å²) in [4.78, 5) is 12.8. The van der Waals surface area contributed by atoms with E-state index in [1.165, 1.54) is 0 Å². The summed E-state index contributed by atoms with van der Waals surface area (Å²) >= 11 is 4.98. The van der Waals surface area contributed by atoms with E-state index >= 15 is 0 Å². The van der Waals surface area contributed by atoms with Crippen LogP contribution in [0.25, 0.3) is 10.8 Å². The first-order valence-corrected chi connectivity index (χ1v) is 7.03. The number of hydrogen-bond donors (Lipinski definition) is 1. The van der Waals surface area contributed by atoms with Gasteiger partial charge in [0.1, 0.15) is 4.99 Å². The van der Waals surface area contributed by atoms with Crippen molar-refractivity contribution in [1.29, 1.82) is 0 Å². The number of aromatic nitrogens is 1. The van der Waals surface area contributed by atoms with Crippen LogP contribution in [0.3, 0.4) is 0 Å². The fraction of sp³-hybridized carbons (Fsp3) is 0.0588. The first-order valence-electron chi connectivity index (χ1n) is 6.62. The van der Waals surface area contributed by atoms with E-state index in [0.29, 0.717) is 11.5 Å². The Morgan fingerprint density at radius 1 is 1.10 bits per heavy atom. The molecule has 3 nitrogen and oxygen atoms in total. The van der Waals surface area contributed by atoms with E-state index in [-0.39, 0.29) is 5.56 Å². The summed E-state index contributed by atoms with van der Waals surface area (Å²) in [6, 6.07) is 17.2. The van der Waals surface area contributed by atoms with Crippen molar-refractivity contribution in [2.45, 2.75) is 6.54 Å². The highest BCUT2D eigenvalue weighted by molar-refractivity contribution is 7.80. The molecule has 0 fully saturated rings. The van der Waals surface area contributed by atoms with Gasteiger partial charge in [-0.1, -0.05) is 48.6 Å². The van der Waals surface area contributed by atoms with Gasteiger partial charge in [-0.3, -0.25) is 4.79 Å². The van der Waals surface area contributed by atoms with Gasteiger partial charge >= 0.3 is 0 Å². The molecule has 21 heavy (non-hydrogen) atoms. The normalized spacial score (nSPS) is 10.7. The first kappa shape index (κ1) is 13.5. The molecular weight excluding hydrogens is 280 g/mol. The molecule has 0 amide bonds. The Labute approximate surface area is 127 Å². The predicted octanol–water partition coefficient (Wildman–Crippen LogP) is 2.68. The molecule has 0 spiro atoms. The van der Waals surface area contributed by atoms with Crippen molar-refractivity contribution in [2.75, 3.05) is 0 Å². The van der Waals surface area contributed by atoms with Crippen LogP contribution in [0.1, 0.15) is 11.1 Å². The number of fused-ring (bicyclic) bond motifs is 1. The molecule has 1 aromatic heterocycles. The maximum absolute atomic E-state index is 12.5. The molecule has 0 aliphatic heterocycles. The highest BCUT2D eigenvalue weighted by atomic mass is 32.1. The maximum Gasteiger partial charge on any atom is 0.258 e. The van der Waals surface area contributed by atoms with Gasteiger partial charge in [0.15, 0.2) is 0 Å². The Hall–Kier alpha value is -2.46. The van der Waals surface area contributed by atoms with Crippen LogP contribution < -0.4 is 11.3 Å². The molecular formula is C17H14N2OS. The number of rotatable bonds is 3. The summed E-state index contributed by atoms with van der Waals surface area (Å²) in [7, 11) is 0. The van der Waals surface area contributed by atoms with Crippen LogP contribution in [0.5, 0.6) is 0 Å². The van der Waals surface area contributed by atoms with E-state index in [9.17, 15) is 4.79 Å². The quantitative estimate of drug-likeness (QED) is 0.756. The number of nitrogens with zero attached hydrogens (tertiary/aromatic N) is 1. The first-order chi connectivity index (χ1) is 10.1. The third-order valence-electron chi connectivity index (χ3n) is 3.45. The largest absolute Gasteiger partial charge is 0.389 e. The summed E-state index contributed by atoms with van der Waals surface area (Å²) in [6.07, 6.45) is 1.82. The molecule has 3 rings (SSSR count). The lowest BCUT2D eigenvalue weighted by atomic mass is 10.1. The minimum atomic E-state index is 0.00817. The smallest absolute Gasteiger partial charge is 0.258 e. The molecule has 1 heterocycles. The van der Waals surface area contributed by atoms with Crippen LogP contribution in [0.4, 0.5) is 0 Å². The summed E-state index contributed by atoms with van der Waals surface area (Å²) in [5.41, 5.74) is 7.47. The summed E-state index contributed by atoms with van der Waals surface area (Å²) in [6.45, 7) is 0.500. The molecule has 4 heteroatoms. The van der Waals surface area contributed by atoms with E-state index in [4.69, 9.17) is 18.0 Å². The van der Waals surface area contributed by atoms with Gasteiger partial charge in [0.2, 0.25) is 0 Å². The van der Waals surface area contributed by atoms with E-state index < -0.39 is 0 Å². The van der Waals surface area contributed by atoms with Crippen LogP contribution >= 0.6 is 12.2 Å². The Morgan fingerprint density at radius 2 is 1.90 bits per heavy atom. The Morgan fingerprint density at radius 3 is 2.71 bits per heavy atom. The summed E-state index contributed by atoms with van der Waals surface area (Å²) in [5.74, 6) is 0. The van der Waals surface area contributed by atoms with Crippen LogP contribution in [0, 0.1) is 0 Å². The van der Waals surface area contributed by atoms with Gasteiger partial charge in [0.25, 0.3) is 5.56 Å². The lowest BCUT2D eigenvalue weighted by molar-refractivity contribution is 0.768. The van der Waals surface area contributed by atoms with Crippen molar-refractivity contribution in [1.82, 2.24) is 4.57 Å². The van der Waals surface area contributed by atoms with E-state index in [0.717, 1.165) is 21.9 Å². The second-order valence-electron chi connectivity index (χ2n) is 4.90. The second-order valence-corrected chi connectivity index (χ2v) is 5.34. The predicted molar refractivity (Wildman–Crippen MR) is 89.6 cm³/mol. The zero-order chi connectivity index (χ0) is 14.8. The van der Waals surface area contributed by atoms with Crippen molar-refractivity contribution in [2.24, 2.45) is 5.73 Å². The lowest BCUT2D eigenvalue weighted by Gasteiger charge is -2.08. The molecule has 0 radical (unpaired) electrons. The van der Waals surface area contributed by atoms with Gasteiger partial charge in [-0.05, 0) is 29.1 Å². The van der Waals surface area contributed by atoms with Crippen LogP contribution in [0.2, 0.25) is 0 Å². The van der Waals surface area contributed by atoms with Crippen molar-refractivity contribution >= 4 is 28.0 Å². The molecule has 3 aromatic rings. The van der Waals surface area contributed by atoms with Gasteiger partial charge in [0, 0.05) is 17.1 Å². The molecule has 0 aliphatic rings. The van der Waals surface area contributed by atoms with Gasteiger partial charge in [-0.15, -0.1) is 0 Å². The number of nitrogens with two attached hydrogens (primary N) is 1. The van der Waals surface area contributed by atoms with Crippen LogP contribution in [-0.2, 0) is 6.54 Å². The minimum Gasteiger partial charge on any atom is -0.389 e. The number of thiocarbonyl (C=S) groups is 1. The highest BCUT2D eigenvalue weighted by Crippen LogP contribution is 2.10. The number of hydrogen-bond acceptors (Lipinski definition) is 2. The molecule has 104 valence electrons. The molecule has 0 unspecified atom stereocenters. The standard InChI is InChI=1S/C17H14N2OS/c18-16(21)14-6-3-4-12(10-14)11-19-9-8-13-5-1-2-7-15(13)17(19)20/h1-10H,11H2,(H2,18,21). The molecule has 2 N–H and O–H groups in total. The highest BCUT2D eigenvalue weighted by Gasteiger charge is 2.04. The topological polar surface area (TPSA) is 48.0 Å². The summed E-state index contributed by atoms with van der Waals surface area (Å²) < 4.78 is 1.70. The molecule has 0 saturated carbocycles. The van der Waals surface area contributed by atoms with Gasteiger partial charge in [-0.2, -0.15) is 0 Å². The molecule has 0 aliphatic carbocycles. The van der Waals surface area contributed by atoms with E-state index in [1.54, 1.807) is 4.57 Å². The van der Waals surface area contributed by atoms with Crippen molar-refractivity contribution in [3.05, 3.63) is 82.3 Å². The average molecular weight is 294 g/mol. The molecule has 0 atom stereocenters. The monoisotopic (exact) mass is 294 g/mol. The third kappa shape index (κ3) is 2.71. The summed E-state index contributed by atoms with van der Waals surface area (Å²) in [5, 5.41) is 1.68. The van der Waals surface area contributed by atoms with E-state index in [1.807, 2.05) is 60.8 Å². The van der Waals surface area contributed by atoms with Crippen molar-refractivity contribution < 1.29 is 0 Å². The fourth-order valence-electron chi connectivity index (χ4n) is 2.37. The number of pyridine rings is 1. The molecule has 0 bridgehead atoms. The zero-order valence-corrected chi connectivity index (χ0v) is 12.1. The van der Waals surface area contributed by atoms with E-state index in [2.05, 4.69) is 0 Å². The Bertz CT molecular complexity index is 883. The lowest BCUT2D eigenvalue weighted by Crippen LogP contribution is -2.20. The van der Waals surface area contributed by atoms with Crippen molar-refractivity contribution in [3.8, 4) is 0 Å².